The molecule has 2 aliphatic rings. The standard InChI is InChI=1S/C17H20N2O3S/c1-11-3-2-4-13(17-21-8-9-22-17)19(11)16(20)14-15-12(5-7-18-14)6-10-23-15/h5-7,10-11,13,17H,2-4,8-9H2,1H3/t11-,13-/m1/s1. The number of hydrogen-bond acceptors (Lipinski definition) is 5. The van der Waals surface area contributed by atoms with E-state index < -0.39 is 0 Å². The number of carbonyl (C=O) groups is 1. The zero-order valence-electron chi connectivity index (χ0n) is 13.1. The number of hydrogen-bond donors (Lipinski definition) is 0. The minimum absolute atomic E-state index is 0.00523. The van der Waals surface area contributed by atoms with Crippen LogP contribution >= 0.6 is 11.3 Å². The van der Waals surface area contributed by atoms with Gasteiger partial charge in [0, 0.05) is 12.2 Å². The largest absolute Gasteiger partial charge is 0.348 e. The van der Waals surface area contributed by atoms with Crippen molar-refractivity contribution >= 4 is 27.3 Å². The number of rotatable bonds is 2. The summed E-state index contributed by atoms with van der Waals surface area (Å²) in [5, 5.41) is 3.08. The molecule has 2 aromatic heterocycles. The number of pyridine rings is 1. The molecule has 0 unspecified atom stereocenters. The molecule has 0 radical (unpaired) electrons. The summed E-state index contributed by atoms with van der Waals surface area (Å²) >= 11 is 1.57. The van der Waals surface area contributed by atoms with Crippen molar-refractivity contribution in [2.75, 3.05) is 13.2 Å². The van der Waals surface area contributed by atoms with Gasteiger partial charge in [-0.3, -0.25) is 4.79 Å². The van der Waals surface area contributed by atoms with Crippen LogP contribution in [-0.2, 0) is 9.47 Å². The topological polar surface area (TPSA) is 51.7 Å². The number of aromatic nitrogens is 1. The SMILES string of the molecule is C[C@@H]1CCC[C@H](C2OCCO2)N1C(=O)c1nccc2ccsc12. The third kappa shape index (κ3) is 2.65. The first-order valence-electron chi connectivity index (χ1n) is 8.14. The fourth-order valence-corrected chi connectivity index (χ4v) is 4.49. The average molecular weight is 332 g/mol. The van der Waals surface area contributed by atoms with Gasteiger partial charge >= 0.3 is 0 Å². The molecule has 2 aromatic rings. The van der Waals surface area contributed by atoms with Crippen LogP contribution in [0.2, 0.25) is 0 Å². The molecule has 2 fully saturated rings. The van der Waals surface area contributed by atoms with Crippen LogP contribution in [0.3, 0.4) is 0 Å². The van der Waals surface area contributed by atoms with E-state index in [-0.39, 0.29) is 24.3 Å². The van der Waals surface area contributed by atoms with Crippen LogP contribution in [0.25, 0.3) is 10.1 Å². The Balaban J connectivity index is 1.70. The lowest BCUT2D eigenvalue weighted by molar-refractivity contribution is -0.108. The van der Waals surface area contributed by atoms with Crippen LogP contribution in [0.15, 0.2) is 23.7 Å². The summed E-state index contributed by atoms with van der Waals surface area (Å²) in [4.78, 5) is 19.6. The summed E-state index contributed by atoms with van der Waals surface area (Å²) in [6, 6.07) is 4.12. The Kier molecular flexibility index (Phi) is 4.05. The van der Waals surface area contributed by atoms with Crippen LogP contribution in [0.5, 0.6) is 0 Å². The minimum atomic E-state index is -0.302. The summed E-state index contributed by atoms with van der Waals surface area (Å²) in [6.45, 7) is 3.32. The van der Waals surface area contributed by atoms with E-state index in [0.29, 0.717) is 18.9 Å². The van der Waals surface area contributed by atoms with Crippen molar-refractivity contribution in [2.45, 2.75) is 44.6 Å². The molecule has 4 heterocycles. The Hall–Kier alpha value is -1.50. The zero-order chi connectivity index (χ0) is 15.8. The molecule has 23 heavy (non-hydrogen) atoms. The number of amides is 1. The van der Waals surface area contributed by atoms with Gasteiger partial charge in [-0.25, -0.2) is 4.98 Å². The Morgan fingerprint density at radius 2 is 2.13 bits per heavy atom. The smallest absolute Gasteiger partial charge is 0.274 e. The molecule has 0 saturated carbocycles. The van der Waals surface area contributed by atoms with Crippen molar-refractivity contribution in [3.63, 3.8) is 0 Å². The number of fused-ring (bicyclic) bond motifs is 1. The lowest BCUT2D eigenvalue weighted by Crippen LogP contribution is -2.54. The van der Waals surface area contributed by atoms with E-state index in [1.54, 1.807) is 17.5 Å². The molecule has 4 rings (SSSR count). The van der Waals surface area contributed by atoms with Gasteiger partial charge in [-0.2, -0.15) is 0 Å². The molecular weight excluding hydrogens is 312 g/mol. The van der Waals surface area contributed by atoms with Gasteiger partial charge in [-0.15, -0.1) is 11.3 Å². The van der Waals surface area contributed by atoms with Gasteiger partial charge in [0.05, 0.1) is 24.0 Å². The first-order valence-corrected chi connectivity index (χ1v) is 9.02. The number of likely N-dealkylation sites (tertiary alicyclic amines) is 1. The number of nitrogens with zero attached hydrogens (tertiary/aromatic N) is 2. The van der Waals surface area contributed by atoms with E-state index in [1.165, 1.54) is 0 Å². The Morgan fingerprint density at radius 1 is 1.30 bits per heavy atom. The van der Waals surface area contributed by atoms with Gasteiger partial charge in [0.2, 0.25) is 0 Å². The van der Waals surface area contributed by atoms with E-state index in [1.807, 2.05) is 22.4 Å². The lowest BCUT2D eigenvalue weighted by Gasteiger charge is -2.42. The van der Waals surface area contributed by atoms with E-state index in [4.69, 9.17) is 9.47 Å². The molecule has 122 valence electrons. The highest BCUT2D eigenvalue weighted by Crippen LogP contribution is 2.31. The van der Waals surface area contributed by atoms with E-state index in [9.17, 15) is 4.79 Å². The van der Waals surface area contributed by atoms with Gasteiger partial charge in [0.1, 0.15) is 5.69 Å². The highest BCUT2D eigenvalue weighted by atomic mass is 32.1. The first kappa shape index (κ1) is 15.1. The predicted molar refractivity (Wildman–Crippen MR) is 88.6 cm³/mol. The lowest BCUT2D eigenvalue weighted by atomic mass is 9.95. The highest BCUT2D eigenvalue weighted by Gasteiger charge is 2.40. The number of piperidine rings is 1. The van der Waals surface area contributed by atoms with Crippen molar-refractivity contribution in [2.24, 2.45) is 0 Å². The van der Waals surface area contributed by atoms with Crippen molar-refractivity contribution < 1.29 is 14.3 Å². The molecule has 0 spiro atoms. The fourth-order valence-electron chi connectivity index (χ4n) is 3.61. The average Bonchev–Trinajstić information content (AvgIpc) is 3.24. The molecule has 0 N–H and O–H groups in total. The van der Waals surface area contributed by atoms with Crippen molar-refractivity contribution in [3.05, 3.63) is 29.4 Å². The number of ether oxygens (including phenoxy) is 2. The summed E-state index contributed by atoms with van der Waals surface area (Å²) in [7, 11) is 0. The van der Waals surface area contributed by atoms with E-state index in [2.05, 4.69) is 11.9 Å². The molecule has 0 bridgehead atoms. The van der Waals surface area contributed by atoms with Crippen LogP contribution < -0.4 is 0 Å². The van der Waals surface area contributed by atoms with Crippen LogP contribution in [0, 0.1) is 0 Å². The predicted octanol–water partition coefficient (Wildman–Crippen LogP) is 3.05. The second-order valence-electron chi connectivity index (χ2n) is 6.17. The van der Waals surface area contributed by atoms with E-state index >= 15 is 0 Å². The Bertz CT molecular complexity index is 711. The fraction of sp³-hybridized carbons (Fsp3) is 0.529. The molecule has 6 heteroatoms. The van der Waals surface area contributed by atoms with Gasteiger partial charge in [-0.05, 0) is 49.1 Å². The molecule has 2 saturated heterocycles. The quantitative estimate of drug-likeness (QED) is 0.848. The number of thiophene rings is 1. The van der Waals surface area contributed by atoms with Crippen LogP contribution in [-0.4, -0.2) is 47.4 Å². The molecule has 5 nitrogen and oxygen atoms in total. The van der Waals surface area contributed by atoms with Crippen LogP contribution in [0.1, 0.15) is 36.7 Å². The maximum absolute atomic E-state index is 13.2. The summed E-state index contributed by atoms with van der Waals surface area (Å²) in [5.74, 6) is -0.00523. The van der Waals surface area contributed by atoms with Crippen molar-refractivity contribution in [1.29, 1.82) is 0 Å². The third-order valence-corrected chi connectivity index (χ3v) is 5.66. The molecule has 2 aliphatic heterocycles. The second-order valence-corrected chi connectivity index (χ2v) is 7.08. The van der Waals surface area contributed by atoms with Gasteiger partial charge in [0.25, 0.3) is 5.91 Å². The Morgan fingerprint density at radius 3 is 2.96 bits per heavy atom. The van der Waals surface area contributed by atoms with Crippen molar-refractivity contribution in [3.8, 4) is 0 Å². The molecule has 2 atom stereocenters. The monoisotopic (exact) mass is 332 g/mol. The number of carbonyl (C=O) groups excluding carboxylic acids is 1. The van der Waals surface area contributed by atoms with Gasteiger partial charge in [-0.1, -0.05) is 0 Å². The molecule has 0 aromatic carbocycles. The van der Waals surface area contributed by atoms with Crippen molar-refractivity contribution in [1.82, 2.24) is 9.88 Å². The zero-order valence-corrected chi connectivity index (χ0v) is 13.9. The van der Waals surface area contributed by atoms with Gasteiger partial charge < -0.3 is 14.4 Å². The third-order valence-electron chi connectivity index (χ3n) is 4.72. The highest BCUT2D eigenvalue weighted by molar-refractivity contribution is 7.17. The maximum atomic E-state index is 13.2. The van der Waals surface area contributed by atoms with Gasteiger partial charge in [0.15, 0.2) is 6.29 Å². The van der Waals surface area contributed by atoms with Crippen LogP contribution in [0.4, 0.5) is 0 Å². The normalized spacial score (nSPS) is 26.0. The summed E-state index contributed by atoms with van der Waals surface area (Å²) in [6.07, 6.45) is 4.43. The van der Waals surface area contributed by atoms with E-state index in [0.717, 1.165) is 29.3 Å². The molecule has 0 aliphatic carbocycles. The first-order chi connectivity index (χ1) is 11.3. The second kappa shape index (κ2) is 6.19. The summed E-state index contributed by atoms with van der Waals surface area (Å²) in [5.41, 5.74) is 0.550. The maximum Gasteiger partial charge on any atom is 0.274 e. The molecular formula is C17H20N2O3S. The summed E-state index contributed by atoms with van der Waals surface area (Å²) < 4.78 is 12.4. The molecule has 1 amide bonds. The Labute approximate surface area is 139 Å². The minimum Gasteiger partial charge on any atom is -0.348 e.